The predicted molar refractivity (Wildman–Crippen MR) is 88.4 cm³/mol. The van der Waals surface area contributed by atoms with Gasteiger partial charge in [-0.1, -0.05) is 17.7 Å². The molecule has 0 spiro atoms. The minimum absolute atomic E-state index is 0.0831. The molecule has 1 aromatic carbocycles. The maximum absolute atomic E-state index is 12.2. The average molecular weight is 301 g/mol. The van der Waals surface area contributed by atoms with Crippen LogP contribution in [0.2, 0.25) is 0 Å². The van der Waals surface area contributed by atoms with Gasteiger partial charge in [0.2, 0.25) is 5.91 Å². The molecular weight excluding hydrogens is 278 g/mol. The van der Waals surface area contributed by atoms with Gasteiger partial charge in [-0.15, -0.1) is 0 Å². The first-order valence-corrected chi connectivity index (χ1v) is 7.43. The molecule has 5 nitrogen and oxygen atoms in total. The van der Waals surface area contributed by atoms with Crippen molar-refractivity contribution in [1.29, 1.82) is 0 Å². The first-order chi connectivity index (χ1) is 10.3. The van der Waals surface area contributed by atoms with Gasteiger partial charge in [0.05, 0.1) is 0 Å². The van der Waals surface area contributed by atoms with Gasteiger partial charge in [-0.3, -0.25) is 9.36 Å². The van der Waals surface area contributed by atoms with Gasteiger partial charge in [0.1, 0.15) is 0 Å². The summed E-state index contributed by atoms with van der Waals surface area (Å²) in [5.74, 6) is -0.0831. The average Bonchev–Trinajstić information content (AvgIpc) is 2.65. The van der Waals surface area contributed by atoms with Crippen molar-refractivity contribution < 1.29 is 4.79 Å². The first kappa shape index (κ1) is 16.1. The molecule has 0 atom stereocenters. The topological polar surface area (TPSA) is 66.9 Å². The number of aromatic amines is 1. The van der Waals surface area contributed by atoms with Gasteiger partial charge in [-0.05, 0) is 45.7 Å². The van der Waals surface area contributed by atoms with E-state index in [9.17, 15) is 9.59 Å². The highest BCUT2D eigenvalue weighted by molar-refractivity contribution is 5.92. The summed E-state index contributed by atoms with van der Waals surface area (Å²) < 4.78 is 1.60. The normalized spacial score (nSPS) is 10.8. The van der Waals surface area contributed by atoms with E-state index in [0.29, 0.717) is 6.54 Å². The summed E-state index contributed by atoms with van der Waals surface area (Å²) in [6.07, 6.45) is 0.269. The van der Waals surface area contributed by atoms with E-state index in [1.807, 2.05) is 46.8 Å². The van der Waals surface area contributed by atoms with Gasteiger partial charge in [-0.2, -0.15) is 0 Å². The Hall–Kier alpha value is -2.30. The van der Waals surface area contributed by atoms with Crippen LogP contribution in [-0.4, -0.2) is 15.5 Å². The number of imidazole rings is 1. The van der Waals surface area contributed by atoms with Crippen LogP contribution < -0.4 is 11.0 Å². The Labute approximate surface area is 130 Å². The molecule has 0 aliphatic heterocycles. The van der Waals surface area contributed by atoms with E-state index in [4.69, 9.17) is 0 Å². The Bertz CT molecular complexity index is 746. The number of rotatable bonds is 4. The molecule has 0 saturated carbocycles. The third-order valence-corrected chi connectivity index (χ3v) is 3.99. The molecule has 5 heteroatoms. The van der Waals surface area contributed by atoms with E-state index < -0.39 is 0 Å². The van der Waals surface area contributed by atoms with Gasteiger partial charge in [0.25, 0.3) is 0 Å². The van der Waals surface area contributed by atoms with Crippen molar-refractivity contribution in [3.8, 4) is 0 Å². The van der Waals surface area contributed by atoms with Crippen LogP contribution in [-0.2, 0) is 11.3 Å². The molecule has 0 saturated heterocycles. The minimum atomic E-state index is -0.162. The number of nitrogens with zero attached hydrogens (tertiary/aromatic N) is 1. The quantitative estimate of drug-likeness (QED) is 0.912. The summed E-state index contributed by atoms with van der Waals surface area (Å²) in [5, 5.41) is 2.96. The number of aromatic nitrogens is 2. The van der Waals surface area contributed by atoms with Crippen LogP contribution in [0.3, 0.4) is 0 Å². The van der Waals surface area contributed by atoms with E-state index in [-0.39, 0.29) is 18.0 Å². The maximum atomic E-state index is 12.2. The molecule has 1 amide bonds. The molecule has 2 N–H and O–H groups in total. The summed E-state index contributed by atoms with van der Waals surface area (Å²) in [7, 11) is 0. The summed E-state index contributed by atoms with van der Waals surface area (Å²) in [6, 6.07) is 4.10. The molecule has 0 aliphatic rings. The monoisotopic (exact) mass is 301 g/mol. The molecule has 0 radical (unpaired) electrons. The Morgan fingerprint density at radius 2 is 1.73 bits per heavy atom. The Morgan fingerprint density at radius 1 is 1.14 bits per heavy atom. The SMILES string of the molecule is Cc1cc(C)c(NC(=O)CCn2c(C)c(C)[nH]c2=O)c(C)c1. The van der Waals surface area contributed by atoms with Crippen molar-refractivity contribution in [2.75, 3.05) is 5.32 Å². The lowest BCUT2D eigenvalue weighted by Gasteiger charge is -2.13. The van der Waals surface area contributed by atoms with E-state index in [1.54, 1.807) is 4.57 Å². The third-order valence-electron chi connectivity index (χ3n) is 3.99. The van der Waals surface area contributed by atoms with Crippen LogP contribution in [0.25, 0.3) is 0 Å². The summed E-state index contributed by atoms with van der Waals surface area (Å²) in [5.41, 5.74) is 5.71. The predicted octanol–water partition coefficient (Wildman–Crippen LogP) is 2.75. The highest BCUT2D eigenvalue weighted by Crippen LogP contribution is 2.22. The fourth-order valence-electron chi connectivity index (χ4n) is 2.73. The van der Waals surface area contributed by atoms with E-state index in [1.165, 1.54) is 5.56 Å². The van der Waals surface area contributed by atoms with Crippen LogP contribution in [0.15, 0.2) is 16.9 Å². The largest absolute Gasteiger partial charge is 0.326 e. The minimum Gasteiger partial charge on any atom is -0.326 e. The standard InChI is InChI=1S/C17H23N3O2/c1-10-8-11(2)16(12(3)9-10)19-15(21)6-7-20-14(5)13(4)18-17(20)22/h8-9H,6-7H2,1-5H3,(H,18,22)(H,19,21). The zero-order chi connectivity index (χ0) is 16.4. The molecule has 0 bridgehead atoms. The number of anilines is 1. The maximum Gasteiger partial charge on any atom is 0.325 e. The van der Waals surface area contributed by atoms with Crippen molar-refractivity contribution in [2.45, 2.75) is 47.6 Å². The second kappa shape index (κ2) is 6.22. The van der Waals surface area contributed by atoms with Crippen molar-refractivity contribution in [1.82, 2.24) is 9.55 Å². The molecule has 118 valence electrons. The Kier molecular flexibility index (Phi) is 4.54. The molecule has 2 aromatic rings. The van der Waals surface area contributed by atoms with E-state index in [2.05, 4.69) is 10.3 Å². The van der Waals surface area contributed by atoms with Crippen LogP contribution in [0.5, 0.6) is 0 Å². The lowest BCUT2D eigenvalue weighted by molar-refractivity contribution is -0.116. The van der Waals surface area contributed by atoms with Gasteiger partial charge in [-0.25, -0.2) is 4.79 Å². The number of hydrogen-bond acceptors (Lipinski definition) is 2. The molecule has 0 aliphatic carbocycles. The summed E-state index contributed by atoms with van der Waals surface area (Å²) in [4.78, 5) is 26.7. The number of amides is 1. The van der Waals surface area contributed by atoms with Crippen LogP contribution in [0, 0.1) is 34.6 Å². The summed E-state index contributed by atoms with van der Waals surface area (Å²) >= 11 is 0. The Morgan fingerprint density at radius 3 is 2.23 bits per heavy atom. The van der Waals surface area contributed by atoms with Crippen molar-refractivity contribution >= 4 is 11.6 Å². The zero-order valence-electron chi connectivity index (χ0n) is 13.8. The summed E-state index contributed by atoms with van der Waals surface area (Å²) in [6.45, 7) is 10.1. The van der Waals surface area contributed by atoms with Crippen molar-refractivity contribution in [3.63, 3.8) is 0 Å². The molecular formula is C17H23N3O2. The Balaban J connectivity index is 2.07. The van der Waals surface area contributed by atoms with E-state index in [0.717, 1.165) is 28.2 Å². The molecule has 0 fully saturated rings. The van der Waals surface area contributed by atoms with E-state index >= 15 is 0 Å². The molecule has 22 heavy (non-hydrogen) atoms. The number of aryl methyl sites for hydroxylation is 4. The van der Waals surface area contributed by atoms with Crippen LogP contribution in [0.1, 0.15) is 34.5 Å². The number of benzene rings is 1. The lowest BCUT2D eigenvalue weighted by Crippen LogP contribution is -2.22. The van der Waals surface area contributed by atoms with Crippen molar-refractivity contribution in [3.05, 3.63) is 50.7 Å². The third kappa shape index (κ3) is 3.30. The number of nitrogens with one attached hydrogen (secondary N) is 2. The van der Waals surface area contributed by atoms with Gasteiger partial charge in [0.15, 0.2) is 0 Å². The molecule has 1 aromatic heterocycles. The molecule has 1 heterocycles. The van der Waals surface area contributed by atoms with Gasteiger partial charge >= 0.3 is 5.69 Å². The second-order valence-electron chi connectivity index (χ2n) is 5.86. The van der Waals surface area contributed by atoms with Crippen LogP contribution in [0.4, 0.5) is 5.69 Å². The number of hydrogen-bond donors (Lipinski definition) is 2. The number of carbonyl (C=O) groups excluding carboxylic acids is 1. The van der Waals surface area contributed by atoms with Gasteiger partial charge < -0.3 is 10.3 Å². The molecule has 0 unspecified atom stereocenters. The fraction of sp³-hybridized carbons (Fsp3) is 0.412. The zero-order valence-corrected chi connectivity index (χ0v) is 13.8. The van der Waals surface area contributed by atoms with Crippen LogP contribution >= 0.6 is 0 Å². The molecule has 2 rings (SSSR count). The smallest absolute Gasteiger partial charge is 0.325 e. The fourth-order valence-corrected chi connectivity index (χ4v) is 2.73. The number of H-pyrrole nitrogens is 1. The second-order valence-corrected chi connectivity index (χ2v) is 5.86. The number of carbonyl (C=O) groups is 1. The van der Waals surface area contributed by atoms with Crippen molar-refractivity contribution in [2.24, 2.45) is 0 Å². The lowest BCUT2D eigenvalue weighted by atomic mass is 10.1. The highest BCUT2D eigenvalue weighted by Gasteiger charge is 2.11. The highest BCUT2D eigenvalue weighted by atomic mass is 16.2. The van der Waals surface area contributed by atoms with Gasteiger partial charge in [0, 0.05) is 30.0 Å². The first-order valence-electron chi connectivity index (χ1n) is 7.43.